The SMILES string of the molecule is O=C(O)C1CCCN1C(=O)N(c1cccc(Cl)c1)c1csc2ccccc12. The van der Waals surface area contributed by atoms with Crippen molar-refractivity contribution in [3.8, 4) is 0 Å². The zero-order chi connectivity index (χ0) is 19.0. The van der Waals surface area contributed by atoms with E-state index in [2.05, 4.69) is 0 Å². The maximum Gasteiger partial charge on any atom is 0.329 e. The second-order valence-electron chi connectivity index (χ2n) is 6.40. The molecule has 2 amide bonds. The molecule has 1 unspecified atom stereocenters. The standard InChI is InChI=1S/C20H17ClN2O3S/c21-13-5-3-6-14(11-13)23(17-12-27-18-9-2-1-7-15(17)18)20(26)22-10-4-8-16(22)19(24)25/h1-3,5-7,9,11-12,16H,4,8,10H2,(H,24,25). The van der Waals surface area contributed by atoms with Crippen LogP contribution in [0.4, 0.5) is 16.2 Å². The van der Waals surface area contributed by atoms with Gasteiger partial charge in [0, 0.05) is 27.0 Å². The number of amides is 2. The summed E-state index contributed by atoms with van der Waals surface area (Å²) in [6, 6.07) is 13.8. The van der Waals surface area contributed by atoms with E-state index < -0.39 is 12.0 Å². The van der Waals surface area contributed by atoms with Crippen molar-refractivity contribution in [2.75, 3.05) is 11.4 Å². The minimum absolute atomic E-state index is 0.342. The molecule has 1 atom stereocenters. The van der Waals surface area contributed by atoms with Crippen LogP contribution in [0.15, 0.2) is 53.9 Å². The smallest absolute Gasteiger partial charge is 0.329 e. The minimum atomic E-state index is -0.970. The van der Waals surface area contributed by atoms with Crippen LogP contribution in [0.2, 0.25) is 5.02 Å². The Morgan fingerprint density at radius 3 is 2.78 bits per heavy atom. The van der Waals surface area contributed by atoms with Gasteiger partial charge in [0.1, 0.15) is 6.04 Å². The number of carboxylic acids is 1. The highest BCUT2D eigenvalue weighted by Gasteiger charge is 2.37. The van der Waals surface area contributed by atoms with Crippen molar-refractivity contribution in [3.05, 3.63) is 58.9 Å². The van der Waals surface area contributed by atoms with Gasteiger partial charge in [0.15, 0.2) is 0 Å². The second kappa shape index (κ2) is 7.21. The van der Waals surface area contributed by atoms with E-state index in [0.29, 0.717) is 30.1 Å². The summed E-state index contributed by atoms with van der Waals surface area (Å²) in [5, 5.41) is 12.9. The number of halogens is 1. The maximum atomic E-state index is 13.5. The highest BCUT2D eigenvalue weighted by Crippen LogP contribution is 2.39. The second-order valence-corrected chi connectivity index (χ2v) is 7.75. The number of thiophene rings is 1. The Bertz CT molecular complexity index is 1020. The van der Waals surface area contributed by atoms with E-state index in [0.717, 1.165) is 15.8 Å². The molecular weight excluding hydrogens is 384 g/mol. The molecule has 3 aromatic rings. The van der Waals surface area contributed by atoms with Crippen molar-refractivity contribution in [2.45, 2.75) is 18.9 Å². The number of carbonyl (C=O) groups excluding carboxylic acids is 1. The molecule has 7 heteroatoms. The fraction of sp³-hybridized carbons (Fsp3) is 0.200. The van der Waals surface area contributed by atoms with E-state index in [4.69, 9.17) is 11.6 Å². The summed E-state index contributed by atoms with van der Waals surface area (Å²) in [5.41, 5.74) is 1.35. The number of nitrogens with zero attached hydrogens (tertiary/aromatic N) is 2. The zero-order valence-corrected chi connectivity index (χ0v) is 15.9. The lowest BCUT2D eigenvalue weighted by molar-refractivity contribution is -0.141. The number of hydrogen-bond acceptors (Lipinski definition) is 3. The van der Waals surface area contributed by atoms with E-state index in [1.165, 1.54) is 4.90 Å². The number of benzene rings is 2. The lowest BCUT2D eigenvalue weighted by Gasteiger charge is -2.30. The summed E-state index contributed by atoms with van der Waals surface area (Å²) in [5.74, 6) is -0.970. The van der Waals surface area contributed by atoms with Gasteiger partial charge in [-0.2, -0.15) is 0 Å². The fourth-order valence-electron chi connectivity index (χ4n) is 3.49. The van der Waals surface area contributed by atoms with Gasteiger partial charge >= 0.3 is 12.0 Å². The predicted molar refractivity (Wildman–Crippen MR) is 108 cm³/mol. The van der Waals surface area contributed by atoms with Gasteiger partial charge in [0.25, 0.3) is 0 Å². The topological polar surface area (TPSA) is 60.9 Å². The Hall–Kier alpha value is -2.57. The molecule has 1 aromatic heterocycles. The summed E-state index contributed by atoms with van der Waals surface area (Å²) in [4.78, 5) is 28.1. The Labute approximate surface area is 165 Å². The molecular formula is C20H17ClN2O3S. The summed E-state index contributed by atoms with van der Waals surface area (Å²) < 4.78 is 1.06. The first-order valence-corrected chi connectivity index (χ1v) is 9.87. The van der Waals surface area contributed by atoms with Gasteiger partial charge < -0.3 is 10.0 Å². The highest BCUT2D eigenvalue weighted by molar-refractivity contribution is 7.17. The number of hydrogen-bond donors (Lipinski definition) is 1. The lowest BCUT2D eigenvalue weighted by Crippen LogP contribution is -2.46. The average Bonchev–Trinajstić information content (AvgIpc) is 3.30. The minimum Gasteiger partial charge on any atom is -0.480 e. The van der Waals surface area contributed by atoms with Gasteiger partial charge in [-0.25, -0.2) is 9.59 Å². The average molecular weight is 401 g/mol. The molecule has 2 heterocycles. The zero-order valence-electron chi connectivity index (χ0n) is 14.3. The third-order valence-electron chi connectivity index (χ3n) is 4.74. The normalized spacial score (nSPS) is 16.6. The molecule has 1 N–H and O–H groups in total. The Morgan fingerprint density at radius 1 is 1.19 bits per heavy atom. The van der Waals surface area contributed by atoms with Crippen molar-refractivity contribution in [1.82, 2.24) is 4.90 Å². The molecule has 2 aromatic carbocycles. The fourth-order valence-corrected chi connectivity index (χ4v) is 4.60. The van der Waals surface area contributed by atoms with Crippen molar-refractivity contribution in [3.63, 3.8) is 0 Å². The molecule has 0 aliphatic carbocycles. The summed E-state index contributed by atoms with van der Waals surface area (Å²) in [6.07, 6.45) is 1.14. The number of aliphatic carboxylic acids is 1. The van der Waals surface area contributed by atoms with Gasteiger partial charge in [0.05, 0.1) is 11.4 Å². The van der Waals surface area contributed by atoms with Crippen LogP contribution in [-0.2, 0) is 4.79 Å². The number of fused-ring (bicyclic) bond motifs is 1. The summed E-state index contributed by atoms with van der Waals surface area (Å²) in [7, 11) is 0. The van der Waals surface area contributed by atoms with Crippen molar-refractivity contribution >= 4 is 56.4 Å². The van der Waals surface area contributed by atoms with Crippen LogP contribution in [0.5, 0.6) is 0 Å². The van der Waals surface area contributed by atoms with E-state index >= 15 is 0 Å². The molecule has 0 bridgehead atoms. The monoisotopic (exact) mass is 400 g/mol. The number of likely N-dealkylation sites (tertiary alicyclic amines) is 1. The first-order chi connectivity index (χ1) is 13.1. The van der Waals surface area contributed by atoms with Crippen LogP contribution in [-0.4, -0.2) is 34.6 Å². The van der Waals surface area contributed by atoms with E-state index in [1.807, 2.05) is 35.7 Å². The van der Waals surface area contributed by atoms with Crippen molar-refractivity contribution in [1.29, 1.82) is 0 Å². The van der Waals surface area contributed by atoms with E-state index in [-0.39, 0.29) is 6.03 Å². The Morgan fingerprint density at radius 2 is 2.00 bits per heavy atom. The summed E-state index contributed by atoms with van der Waals surface area (Å²) >= 11 is 7.72. The largest absolute Gasteiger partial charge is 0.480 e. The molecule has 1 aliphatic rings. The highest BCUT2D eigenvalue weighted by atomic mass is 35.5. The van der Waals surface area contributed by atoms with Crippen molar-refractivity contribution < 1.29 is 14.7 Å². The molecule has 1 aliphatic heterocycles. The Balaban J connectivity index is 1.84. The molecule has 27 heavy (non-hydrogen) atoms. The lowest BCUT2D eigenvalue weighted by atomic mass is 10.2. The third-order valence-corrected chi connectivity index (χ3v) is 5.93. The predicted octanol–water partition coefficient (Wildman–Crippen LogP) is 5.36. The maximum absolute atomic E-state index is 13.5. The van der Waals surface area contributed by atoms with Gasteiger partial charge in [-0.1, -0.05) is 35.9 Å². The van der Waals surface area contributed by atoms with Crippen LogP contribution in [0.3, 0.4) is 0 Å². The molecule has 1 fully saturated rings. The van der Waals surface area contributed by atoms with Crippen LogP contribution in [0, 0.1) is 0 Å². The van der Waals surface area contributed by atoms with E-state index in [9.17, 15) is 14.7 Å². The van der Waals surface area contributed by atoms with Gasteiger partial charge in [0.2, 0.25) is 0 Å². The van der Waals surface area contributed by atoms with E-state index in [1.54, 1.807) is 34.4 Å². The van der Waals surface area contributed by atoms with Crippen LogP contribution >= 0.6 is 22.9 Å². The molecule has 0 radical (unpaired) electrons. The van der Waals surface area contributed by atoms with Crippen LogP contribution in [0.25, 0.3) is 10.1 Å². The number of urea groups is 1. The molecule has 4 rings (SSSR count). The molecule has 0 spiro atoms. The van der Waals surface area contributed by atoms with Gasteiger partial charge in [-0.3, -0.25) is 4.90 Å². The van der Waals surface area contributed by atoms with Crippen LogP contribution in [0.1, 0.15) is 12.8 Å². The summed E-state index contributed by atoms with van der Waals surface area (Å²) in [6.45, 7) is 0.426. The number of carbonyl (C=O) groups is 2. The van der Waals surface area contributed by atoms with Gasteiger partial charge in [-0.05, 0) is 37.1 Å². The van der Waals surface area contributed by atoms with Gasteiger partial charge in [-0.15, -0.1) is 11.3 Å². The molecule has 138 valence electrons. The number of carboxylic acid groups (broad SMARTS) is 1. The number of rotatable bonds is 3. The molecule has 1 saturated heterocycles. The third kappa shape index (κ3) is 3.26. The first kappa shape index (κ1) is 17.8. The quantitative estimate of drug-likeness (QED) is 0.643. The van der Waals surface area contributed by atoms with Crippen LogP contribution < -0.4 is 4.90 Å². The molecule has 5 nitrogen and oxygen atoms in total. The van der Waals surface area contributed by atoms with Crippen molar-refractivity contribution in [2.24, 2.45) is 0 Å². The first-order valence-electron chi connectivity index (χ1n) is 8.61. The Kier molecular flexibility index (Phi) is 4.76. The number of anilines is 2. The molecule has 0 saturated carbocycles.